The Hall–Kier alpha value is -3.01. The molecular formula is C25H30N2O5SSi. The second-order valence-corrected chi connectivity index (χ2v) is 14.8. The van der Waals surface area contributed by atoms with Gasteiger partial charge in [0.1, 0.15) is 11.4 Å². The number of carbonyl (C=O) groups is 1. The monoisotopic (exact) mass is 498 g/mol. The Bertz CT molecular complexity index is 1180. The molecule has 7 nitrogen and oxygen atoms in total. The third kappa shape index (κ3) is 5.72. The van der Waals surface area contributed by atoms with Gasteiger partial charge in [0.25, 0.3) is 11.6 Å². The van der Waals surface area contributed by atoms with Crippen molar-refractivity contribution >= 4 is 36.9 Å². The van der Waals surface area contributed by atoms with E-state index in [1.54, 1.807) is 47.7 Å². The molecule has 0 unspecified atom stereocenters. The smallest absolute Gasteiger partial charge is 0.292 e. The van der Waals surface area contributed by atoms with Gasteiger partial charge >= 0.3 is 0 Å². The Labute approximate surface area is 204 Å². The molecule has 3 rings (SSSR count). The van der Waals surface area contributed by atoms with Gasteiger partial charge in [-0.1, -0.05) is 13.8 Å². The molecular weight excluding hydrogens is 468 g/mol. The predicted molar refractivity (Wildman–Crippen MR) is 139 cm³/mol. The highest BCUT2D eigenvalue weighted by molar-refractivity contribution is 7.10. The van der Waals surface area contributed by atoms with Crippen molar-refractivity contribution in [3.63, 3.8) is 0 Å². The van der Waals surface area contributed by atoms with Crippen LogP contribution in [0, 0.1) is 10.1 Å². The minimum absolute atomic E-state index is 0.143. The SMILES string of the molecule is COc1ccc(C(=O)Nc2cc(-c3ccsc3CCC(C)(C)[Si](C)(C)O)ccc2[N+](=O)[O-])cc1. The zero-order chi connectivity index (χ0) is 25.1. The fourth-order valence-corrected chi connectivity index (χ4v) is 5.06. The number of nitro groups is 1. The number of carbonyl (C=O) groups excluding carboxylic acids is 1. The van der Waals surface area contributed by atoms with Gasteiger partial charge in [-0.15, -0.1) is 11.3 Å². The molecule has 0 radical (unpaired) electrons. The number of anilines is 1. The quantitative estimate of drug-likeness (QED) is 0.199. The summed E-state index contributed by atoms with van der Waals surface area (Å²) in [6.07, 6.45) is 1.63. The zero-order valence-corrected chi connectivity index (χ0v) is 21.9. The van der Waals surface area contributed by atoms with Gasteiger partial charge in [-0.3, -0.25) is 14.9 Å². The lowest BCUT2D eigenvalue weighted by molar-refractivity contribution is -0.383. The molecule has 1 aromatic heterocycles. The number of thiophene rings is 1. The van der Waals surface area contributed by atoms with Crippen molar-refractivity contribution in [2.75, 3.05) is 12.4 Å². The van der Waals surface area contributed by atoms with Gasteiger partial charge in [0.05, 0.1) is 12.0 Å². The molecule has 0 bridgehead atoms. The van der Waals surface area contributed by atoms with Crippen LogP contribution in [0.15, 0.2) is 53.9 Å². The van der Waals surface area contributed by atoms with Crippen LogP contribution < -0.4 is 10.1 Å². The van der Waals surface area contributed by atoms with Gasteiger partial charge in [-0.05, 0) is 89.9 Å². The topological polar surface area (TPSA) is 102 Å². The van der Waals surface area contributed by atoms with E-state index >= 15 is 0 Å². The van der Waals surface area contributed by atoms with Crippen LogP contribution in [0.1, 0.15) is 35.5 Å². The summed E-state index contributed by atoms with van der Waals surface area (Å²) in [5.74, 6) is 0.176. The number of hydrogen-bond donors (Lipinski definition) is 2. The van der Waals surface area contributed by atoms with E-state index in [-0.39, 0.29) is 16.4 Å². The number of methoxy groups -OCH3 is 1. The largest absolute Gasteiger partial charge is 0.497 e. The second-order valence-electron chi connectivity index (χ2n) is 9.37. The predicted octanol–water partition coefficient (Wildman–Crippen LogP) is 6.49. The van der Waals surface area contributed by atoms with E-state index in [0.717, 1.165) is 28.8 Å². The molecule has 0 aliphatic rings. The van der Waals surface area contributed by atoms with Crippen LogP contribution >= 0.6 is 11.3 Å². The highest BCUT2D eigenvalue weighted by atomic mass is 32.1. The third-order valence-electron chi connectivity index (χ3n) is 6.48. The van der Waals surface area contributed by atoms with Crippen LogP contribution in [0.5, 0.6) is 5.75 Å². The van der Waals surface area contributed by atoms with E-state index in [1.165, 1.54) is 13.2 Å². The molecule has 1 amide bonds. The van der Waals surface area contributed by atoms with Crippen molar-refractivity contribution in [3.05, 3.63) is 74.5 Å². The first-order chi connectivity index (χ1) is 15.9. The van der Waals surface area contributed by atoms with E-state index in [9.17, 15) is 19.7 Å². The first kappa shape index (κ1) is 25.6. The van der Waals surface area contributed by atoms with Crippen LogP contribution in [0.3, 0.4) is 0 Å². The molecule has 2 aromatic carbocycles. The van der Waals surface area contributed by atoms with Gasteiger partial charge < -0.3 is 14.8 Å². The fourth-order valence-electron chi connectivity index (χ4n) is 3.42. The lowest BCUT2D eigenvalue weighted by atomic mass is 10.00. The van der Waals surface area contributed by atoms with Crippen molar-refractivity contribution in [2.24, 2.45) is 0 Å². The number of nitro benzene ring substituents is 1. The van der Waals surface area contributed by atoms with E-state index in [0.29, 0.717) is 11.3 Å². The van der Waals surface area contributed by atoms with Gasteiger partial charge in [0, 0.05) is 16.5 Å². The maximum absolute atomic E-state index is 12.8. The minimum Gasteiger partial charge on any atom is -0.497 e. The first-order valence-electron chi connectivity index (χ1n) is 11.0. The van der Waals surface area contributed by atoms with Crippen molar-refractivity contribution in [3.8, 4) is 16.9 Å². The molecule has 0 saturated heterocycles. The summed E-state index contributed by atoms with van der Waals surface area (Å²) in [7, 11) is -0.789. The summed E-state index contributed by atoms with van der Waals surface area (Å²) < 4.78 is 5.11. The molecule has 9 heteroatoms. The van der Waals surface area contributed by atoms with Crippen molar-refractivity contribution in [1.29, 1.82) is 0 Å². The molecule has 0 saturated carbocycles. The van der Waals surface area contributed by atoms with E-state index < -0.39 is 19.1 Å². The molecule has 0 aliphatic heterocycles. The highest BCUT2D eigenvalue weighted by Gasteiger charge is 2.37. The number of nitrogens with one attached hydrogen (secondary N) is 1. The Morgan fingerprint density at radius 3 is 2.44 bits per heavy atom. The average Bonchev–Trinajstić information content (AvgIpc) is 3.25. The van der Waals surface area contributed by atoms with Crippen LogP contribution in [-0.4, -0.2) is 31.1 Å². The average molecular weight is 499 g/mol. The molecule has 0 spiro atoms. The zero-order valence-electron chi connectivity index (χ0n) is 20.0. The Balaban J connectivity index is 1.89. The minimum atomic E-state index is -2.33. The number of rotatable bonds is 9. The molecule has 0 fully saturated rings. The lowest BCUT2D eigenvalue weighted by Gasteiger charge is -2.35. The summed E-state index contributed by atoms with van der Waals surface area (Å²) in [5, 5.41) is 16.2. The third-order valence-corrected chi connectivity index (χ3v) is 11.0. The van der Waals surface area contributed by atoms with Gasteiger partial charge in [0.2, 0.25) is 0 Å². The second kappa shape index (κ2) is 10.1. The fraction of sp³-hybridized carbons (Fsp3) is 0.320. The van der Waals surface area contributed by atoms with Crippen LogP contribution in [0.25, 0.3) is 11.1 Å². The number of ether oxygens (including phenoxy) is 1. The van der Waals surface area contributed by atoms with E-state index in [2.05, 4.69) is 19.2 Å². The van der Waals surface area contributed by atoms with Crippen molar-refractivity contribution in [2.45, 2.75) is 44.8 Å². The van der Waals surface area contributed by atoms with Crippen LogP contribution in [0.4, 0.5) is 11.4 Å². The number of hydrogen-bond acceptors (Lipinski definition) is 6. The molecule has 34 heavy (non-hydrogen) atoms. The summed E-state index contributed by atoms with van der Waals surface area (Å²) in [6.45, 7) is 8.11. The number of aryl methyl sites for hydroxylation is 1. The van der Waals surface area contributed by atoms with Crippen molar-refractivity contribution < 1.29 is 19.3 Å². The summed E-state index contributed by atoms with van der Waals surface area (Å²) in [4.78, 5) is 35.6. The van der Waals surface area contributed by atoms with E-state index in [4.69, 9.17) is 4.74 Å². The number of benzene rings is 2. The maximum Gasteiger partial charge on any atom is 0.292 e. The Kier molecular flexibility index (Phi) is 7.59. The van der Waals surface area contributed by atoms with Gasteiger partial charge in [-0.25, -0.2) is 0 Å². The Morgan fingerprint density at radius 1 is 1.18 bits per heavy atom. The van der Waals surface area contributed by atoms with Crippen molar-refractivity contribution in [1.82, 2.24) is 0 Å². The highest BCUT2D eigenvalue weighted by Crippen LogP contribution is 2.42. The van der Waals surface area contributed by atoms with Crippen LogP contribution in [-0.2, 0) is 6.42 Å². The summed E-state index contributed by atoms with van der Waals surface area (Å²) >= 11 is 1.63. The normalized spacial score (nSPS) is 11.8. The Morgan fingerprint density at radius 2 is 1.85 bits per heavy atom. The summed E-state index contributed by atoms with van der Waals surface area (Å²) in [6, 6.07) is 13.3. The maximum atomic E-state index is 12.8. The number of nitrogens with zero attached hydrogens (tertiary/aromatic N) is 1. The van der Waals surface area contributed by atoms with Gasteiger partial charge in [-0.2, -0.15) is 0 Å². The molecule has 3 aromatic rings. The number of amides is 1. The standard InChI is InChI=1S/C25H30N2O5SSi/c1-25(2,34(4,5)31)14-12-23-20(13-15-33-23)18-8-11-22(27(29)30)21(16-18)26-24(28)17-6-9-19(32-3)10-7-17/h6-11,13,15-16,31H,12,14H2,1-5H3,(H,26,28). The van der Waals surface area contributed by atoms with Gasteiger partial charge in [0.15, 0.2) is 8.32 Å². The molecule has 0 atom stereocenters. The first-order valence-corrected chi connectivity index (χ1v) is 14.8. The lowest BCUT2D eigenvalue weighted by Crippen LogP contribution is -2.39. The van der Waals surface area contributed by atoms with Crippen LogP contribution in [0.2, 0.25) is 18.1 Å². The molecule has 1 heterocycles. The molecule has 0 aliphatic carbocycles. The van der Waals surface area contributed by atoms with E-state index in [1.807, 2.05) is 24.5 Å². The molecule has 2 N–H and O–H groups in total. The molecule has 180 valence electrons. The summed E-state index contributed by atoms with van der Waals surface area (Å²) in [5.41, 5.74) is 2.12.